The molecule has 0 amide bonds. The Morgan fingerprint density at radius 3 is 3.20 bits per heavy atom. The molecule has 3 nitrogen and oxygen atoms in total. The van der Waals surface area contributed by atoms with Crippen molar-refractivity contribution in [2.24, 2.45) is 0 Å². The third-order valence-corrected chi connectivity index (χ3v) is 2.78. The van der Waals surface area contributed by atoms with Crippen LogP contribution in [0.2, 0.25) is 0 Å². The van der Waals surface area contributed by atoms with E-state index in [4.69, 9.17) is 16.0 Å². The first-order valence-electron chi connectivity index (χ1n) is 5.01. The molecule has 1 N–H and O–H groups in total. The zero-order chi connectivity index (χ0) is 10.7. The third-order valence-electron chi connectivity index (χ3n) is 2.31. The molecule has 0 saturated carbocycles. The average Bonchev–Trinajstić information content (AvgIpc) is 2.74. The van der Waals surface area contributed by atoms with Gasteiger partial charge in [-0.25, -0.2) is 4.98 Å². The van der Waals surface area contributed by atoms with E-state index < -0.39 is 0 Å². The number of aromatic nitrogens is 1. The normalized spacial score (nSPS) is 12.9. The summed E-state index contributed by atoms with van der Waals surface area (Å²) in [5, 5.41) is 4.35. The number of furan rings is 1. The van der Waals surface area contributed by atoms with Crippen LogP contribution >= 0.6 is 11.6 Å². The van der Waals surface area contributed by atoms with Crippen molar-refractivity contribution in [2.75, 3.05) is 11.9 Å². The number of hydrogen-bond acceptors (Lipinski definition) is 3. The summed E-state index contributed by atoms with van der Waals surface area (Å²) in [5.74, 6) is 0.834. The van der Waals surface area contributed by atoms with Crippen LogP contribution in [0.3, 0.4) is 0 Å². The Bertz CT molecular complexity index is 441. The monoisotopic (exact) mass is 224 g/mol. The molecule has 15 heavy (non-hydrogen) atoms. The maximum Gasteiger partial charge on any atom is 0.139 e. The van der Waals surface area contributed by atoms with E-state index in [2.05, 4.69) is 17.2 Å². The van der Waals surface area contributed by atoms with Crippen molar-refractivity contribution in [3.8, 4) is 0 Å². The van der Waals surface area contributed by atoms with E-state index in [9.17, 15) is 0 Å². The summed E-state index contributed by atoms with van der Waals surface area (Å²) in [6, 6.07) is 3.75. The van der Waals surface area contributed by atoms with Crippen LogP contribution in [0, 0.1) is 0 Å². The van der Waals surface area contributed by atoms with Crippen molar-refractivity contribution in [3.63, 3.8) is 0 Å². The molecule has 0 aromatic carbocycles. The van der Waals surface area contributed by atoms with Gasteiger partial charge in [-0.1, -0.05) is 6.92 Å². The number of nitrogens with zero attached hydrogens (tertiary/aromatic N) is 1. The number of anilines is 1. The largest absolute Gasteiger partial charge is 0.464 e. The molecule has 2 rings (SSSR count). The van der Waals surface area contributed by atoms with Crippen LogP contribution in [0.25, 0.3) is 11.0 Å². The molecule has 0 aliphatic heterocycles. The highest BCUT2D eigenvalue weighted by Crippen LogP contribution is 2.21. The molecular weight excluding hydrogens is 212 g/mol. The highest BCUT2D eigenvalue weighted by atomic mass is 35.5. The van der Waals surface area contributed by atoms with E-state index in [1.54, 1.807) is 12.5 Å². The van der Waals surface area contributed by atoms with Gasteiger partial charge in [0, 0.05) is 12.7 Å². The van der Waals surface area contributed by atoms with Gasteiger partial charge in [-0.3, -0.25) is 0 Å². The van der Waals surface area contributed by atoms with Gasteiger partial charge in [0.05, 0.1) is 17.0 Å². The van der Waals surface area contributed by atoms with E-state index in [0.29, 0.717) is 0 Å². The molecule has 2 aromatic rings. The maximum atomic E-state index is 6.03. The molecule has 2 heterocycles. The Labute approximate surface area is 93.4 Å². The number of rotatable bonds is 4. The summed E-state index contributed by atoms with van der Waals surface area (Å²) in [5.41, 5.74) is 0.843. The Balaban J connectivity index is 2.17. The molecule has 0 aliphatic carbocycles. The molecule has 0 fully saturated rings. The third kappa shape index (κ3) is 2.23. The van der Waals surface area contributed by atoms with Gasteiger partial charge < -0.3 is 9.73 Å². The molecular formula is C11H13ClN2O. The summed E-state index contributed by atoms with van der Waals surface area (Å²) in [6.07, 6.45) is 4.33. The average molecular weight is 225 g/mol. The minimum atomic E-state index is 0.133. The molecule has 80 valence electrons. The SMILES string of the molecule is CCC(Cl)CNc1nccc2occc12. The zero-order valence-corrected chi connectivity index (χ0v) is 9.29. The standard InChI is InChI=1S/C11H13ClN2O/c1-2-8(12)7-14-11-9-4-6-15-10(9)3-5-13-11/h3-6,8H,2,7H2,1H3,(H,13,14). The second kappa shape index (κ2) is 4.53. The van der Waals surface area contributed by atoms with Gasteiger partial charge in [0.2, 0.25) is 0 Å². The number of fused-ring (bicyclic) bond motifs is 1. The second-order valence-electron chi connectivity index (χ2n) is 3.38. The van der Waals surface area contributed by atoms with Gasteiger partial charge in [-0.05, 0) is 18.6 Å². The molecule has 0 spiro atoms. The molecule has 0 aliphatic rings. The zero-order valence-electron chi connectivity index (χ0n) is 8.53. The lowest BCUT2D eigenvalue weighted by Crippen LogP contribution is -2.13. The van der Waals surface area contributed by atoms with Gasteiger partial charge in [0.25, 0.3) is 0 Å². The van der Waals surface area contributed by atoms with Crippen molar-refractivity contribution < 1.29 is 4.42 Å². The Morgan fingerprint density at radius 2 is 2.40 bits per heavy atom. The van der Waals surface area contributed by atoms with E-state index >= 15 is 0 Å². The fourth-order valence-electron chi connectivity index (χ4n) is 1.39. The van der Waals surface area contributed by atoms with Crippen molar-refractivity contribution in [3.05, 3.63) is 24.6 Å². The summed E-state index contributed by atoms with van der Waals surface area (Å²) in [7, 11) is 0. The van der Waals surface area contributed by atoms with Crippen LogP contribution in [0.1, 0.15) is 13.3 Å². The van der Waals surface area contributed by atoms with Gasteiger partial charge >= 0.3 is 0 Å². The van der Waals surface area contributed by atoms with Crippen molar-refractivity contribution in [1.29, 1.82) is 0 Å². The molecule has 0 saturated heterocycles. The van der Waals surface area contributed by atoms with Crippen molar-refractivity contribution in [1.82, 2.24) is 4.98 Å². The molecule has 0 bridgehead atoms. The van der Waals surface area contributed by atoms with Gasteiger partial charge in [0.1, 0.15) is 11.4 Å². The molecule has 2 aromatic heterocycles. The number of alkyl halides is 1. The van der Waals surface area contributed by atoms with E-state index in [1.807, 2.05) is 12.1 Å². The Hall–Kier alpha value is -1.22. The minimum Gasteiger partial charge on any atom is -0.464 e. The lowest BCUT2D eigenvalue weighted by Gasteiger charge is -2.09. The number of nitrogens with one attached hydrogen (secondary N) is 1. The predicted octanol–water partition coefficient (Wildman–Crippen LogP) is 3.26. The van der Waals surface area contributed by atoms with E-state index in [0.717, 1.165) is 29.8 Å². The molecule has 1 atom stereocenters. The quantitative estimate of drug-likeness (QED) is 0.811. The highest BCUT2D eigenvalue weighted by Gasteiger charge is 2.06. The van der Waals surface area contributed by atoms with Gasteiger partial charge in [0.15, 0.2) is 0 Å². The Kier molecular flexibility index (Phi) is 3.11. The predicted molar refractivity (Wildman–Crippen MR) is 62.4 cm³/mol. The summed E-state index contributed by atoms with van der Waals surface area (Å²) < 4.78 is 5.28. The van der Waals surface area contributed by atoms with Crippen molar-refractivity contribution in [2.45, 2.75) is 18.7 Å². The van der Waals surface area contributed by atoms with Crippen molar-refractivity contribution >= 4 is 28.4 Å². The van der Waals surface area contributed by atoms with Crippen LogP contribution in [0.15, 0.2) is 29.0 Å². The van der Waals surface area contributed by atoms with Crippen LogP contribution in [0.4, 0.5) is 5.82 Å². The lowest BCUT2D eigenvalue weighted by atomic mass is 10.3. The van der Waals surface area contributed by atoms with E-state index in [1.165, 1.54) is 0 Å². The molecule has 0 radical (unpaired) electrons. The number of hydrogen-bond donors (Lipinski definition) is 1. The first kappa shape index (κ1) is 10.3. The van der Waals surface area contributed by atoms with Gasteiger partial charge in [-0.15, -0.1) is 11.6 Å². The second-order valence-corrected chi connectivity index (χ2v) is 4.00. The summed E-state index contributed by atoms with van der Waals surface area (Å²) in [4.78, 5) is 4.26. The summed E-state index contributed by atoms with van der Waals surface area (Å²) in [6.45, 7) is 2.78. The fraction of sp³-hybridized carbons (Fsp3) is 0.364. The topological polar surface area (TPSA) is 38.1 Å². The minimum absolute atomic E-state index is 0.133. The van der Waals surface area contributed by atoms with Crippen LogP contribution in [-0.2, 0) is 0 Å². The number of halogens is 1. The first-order chi connectivity index (χ1) is 7.31. The smallest absolute Gasteiger partial charge is 0.139 e. The number of pyridine rings is 1. The van der Waals surface area contributed by atoms with Crippen LogP contribution < -0.4 is 5.32 Å². The van der Waals surface area contributed by atoms with Crippen LogP contribution in [-0.4, -0.2) is 16.9 Å². The molecule has 1 unspecified atom stereocenters. The van der Waals surface area contributed by atoms with E-state index in [-0.39, 0.29) is 5.38 Å². The fourth-order valence-corrected chi connectivity index (χ4v) is 1.46. The van der Waals surface area contributed by atoms with Gasteiger partial charge in [-0.2, -0.15) is 0 Å². The molecule has 4 heteroatoms. The van der Waals surface area contributed by atoms with Crippen LogP contribution in [0.5, 0.6) is 0 Å². The highest BCUT2D eigenvalue weighted by molar-refractivity contribution is 6.20. The lowest BCUT2D eigenvalue weighted by molar-refractivity contribution is 0.615. The Morgan fingerprint density at radius 1 is 1.53 bits per heavy atom. The first-order valence-corrected chi connectivity index (χ1v) is 5.45. The maximum absolute atomic E-state index is 6.03. The summed E-state index contributed by atoms with van der Waals surface area (Å²) >= 11 is 6.03.